The first-order valence-corrected chi connectivity index (χ1v) is 9.51. The zero-order chi connectivity index (χ0) is 17.2. The molecule has 0 amide bonds. The molecule has 0 radical (unpaired) electrons. The number of likely N-dealkylation sites (N-methyl/N-ethyl adjacent to an activating group) is 2. The molecule has 0 aromatic heterocycles. The number of nitrogens with one attached hydrogen (secondary N) is 1. The van der Waals surface area contributed by atoms with E-state index >= 15 is 0 Å². The van der Waals surface area contributed by atoms with E-state index in [4.69, 9.17) is 0 Å². The van der Waals surface area contributed by atoms with Crippen LogP contribution in [0.5, 0.6) is 0 Å². The molecule has 1 aliphatic carbocycles. The van der Waals surface area contributed by atoms with E-state index in [-0.39, 0.29) is 0 Å². The summed E-state index contributed by atoms with van der Waals surface area (Å²) in [5, 5.41) is 3.24. The second kappa shape index (κ2) is 10.6. The summed E-state index contributed by atoms with van der Waals surface area (Å²) in [7, 11) is 2.01. The number of hydrogen-bond donors (Lipinski definition) is 1. The highest BCUT2D eigenvalue weighted by Gasteiger charge is 2.16. The third-order valence-electron chi connectivity index (χ3n) is 3.78. The molecule has 1 aromatic carbocycles. The van der Waals surface area contributed by atoms with Crippen LogP contribution in [0.1, 0.15) is 38.3 Å². The summed E-state index contributed by atoms with van der Waals surface area (Å²) in [5.41, 5.74) is 4.11. The van der Waals surface area contributed by atoms with Crippen molar-refractivity contribution in [2.24, 2.45) is 0 Å². The van der Waals surface area contributed by atoms with Crippen LogP contribution in [-0.4, -0.2) is 31.6 Å². The van der Waals surface area contributed by atoms with Crippen molar-refractivity contribution in [3.8, 4) is 0 Å². The zero-order valence-corrected chi connectivity index (χ0v) is 16.4. The molecule has 3 heteroatoms. The maximum atomic E-state index is 3.24. The molecule has 0 heterocycles. The van der Waals surface area contributed by atoms with E-state index in [1.165, 1.54) is 26.6 Å². The van der Waals surface area contributed by atoms with E-state index < -0.39 is 0 Å². The number of hydrogen-bond acceptors (Lipinski definition) is 3. The van der Waals surface area contributed by atoms with Gasteiger partial charge in [0.05, 0.1) is 0 Å². The van der Waals surface area contributed by atoms with Gasteiger partial charge in [0.1, 0.15) is 0 Å². The average Bonchev–Trinajstić information content (AvgIpc) is 3.01. The molecule has 0 aliphatic heterocycles. The summed E-state index contributed by atoms with van der Waals surface area (Å²) in [6.45, 7) is 13.7. The molecular weight excluding hydrogens is 300 g/mol. The van der Waals surface area contributed by atoms with Gasteiger partial charge in [-0.05, 0) is 51.9 Å². The van der Waals surface area contributed by atoms with Gasteiger partial charge < -0.3 is 10.2 Å². The number of nitrogens with zero attached hydrogens (tertiary/aromatic N) is 1. The first kappa shape index (κ1) is 19.9. The summed E-state index contributed by atoms with van der Waals surface area (Å²) >= 11 is 1.93. The monoisotopic (exact) mass is 332 g/mol. The first-order valence-electron chi connectivity index (χ1n) is 8.70. The summed E-state index contributed by atoms with van der Waals surface area (Å²) in [6, 6.07) is 6.72. The van der Waals surface area contributed by atoms with E-state index in [1.54, 1.807) is 0 Å². The van der Waals surface area contributed by atoms with Crippen LogP contribution in [0.25, 0.3) is 0 Å². The van der Waals surface area contributed by atoms with E-state index in [1.807, 2.05) is 32.7 Å². The van der Waals surface area contributed by atoms with Gasteiger partial charge in [-0.25, -0.2) is 0 Å². The number of allylic oxidation sites excluding steroid dienone is 3. The van der Waals surface area contributed by atoms with Gasteiger partial charge in [0.25, 0.3) is 0 Å². The van der Waals surface area contributed by atoms with Gasteiger partial charge in [-0.2, -0.15) is 0 Å². The molecule has 1 N–H and O–H groups in total. The van der Waals surface area contributed by atoms with Crippen LogP contribution in [0, 0.1) is 13.8 Å². The Hall–Kier alpha value is -1.19. The molecule has 1 aromatic rings. The second-order valence-electron chi connectivity index (χ2n) is 5.47. The normalized spacial score (nSPS) is 13.1. The molecular formula is C20H32N2S. The molecule has 0 spiro atoms. The van der Waals surface area contributed by atoms with Crippen LogP contribution in [0.3, 0.4) is 0 Å². The maximum absolute atomic E-state index is 3.24. The van der Waals surface area contributed by atoms with Crippen molar-refractivity contribution in [2.75, 3.05) is 26.7 Å². The fraction of sp³-hybridized carbons (Fsp3) is 0.500. The quantitative estimate of drug-likeness (QED) is 0.745. The molecule has 23 heavy (non-hydrogen) atoms. The Labute approximate surface area is 147 Å². The summed E-state index contributed by atoms with van der Waals surface area (Å²) < 4.78 is 0. The van der Waals surface area contributed by atoms with Crippen molar-refractivity contribution in [3.63, 3.8) is 0 Å². The van der Waals surface area contributed by atoms with Gasteiger partial charge in [-0.1, -0.05) is 49.4 Å². The number of rotatable bonds is 7. The van der Waals surface area contributed by atoms with Crippen LogP contribution in [0.2, 0.25) is 0 Å². The van der Waals surface area contributed by atoms with Crippen LogP contribution in [0.4, 0.5) is 0 Å². The lowest BCUT2D eigenvalue weighted by atomic mass is 10.2. The predicted octanol–water partition coefficient (Wildman–Crippen LogP) is 5.13. The van der Waals surface area contributed by atoms with Gasteiger partial charge in [-0.15, -0.1) is 0 Å². The molecule has 128 valence electrons. The number of aryl methyl sites for hydroxylation is 2. The highest BCUT2D eigenvalue weighted by molar-refractivity contribution is 8.03. The predicted molar refractivity (Wildman–Crippen MR) is 105 cm³/mol. The summed E-state index contributed by atoms with van der Waals surface area (Å²) in [4.78, 5) is 5.31. The zero-order valence-electron chi connectivity index (χ0n) is 15.6. The van der Waals surface area contributed by atoms with E-state index in [2.05, 4.69) is 61.3 Å². The fourth-order valence-corrected chi connectivity index (χ4v) is 3.70. The Balaban J connectivity index is 0.00000127. The lowest BCUT2D eigenvalue weighted by Crippen LogP contribution is -2.29. The molecule has 0 atom stereocenters. The largest absolute Gasteiger partial charge is 0.370 e. The van der Waals surface area contributed by atoms with Crippen molar-refractivity contribution < 1.29 is 0 Å². The SMILES string of the molecule is CC.CCN(CCNC)C1=C(Sc2ccc(C)cc2C)CC=C1. The van der Waals surface area contributed by atoms with E-state index in [0.29, 0.717) is 0 Å². The lowest BCUT2D eigenvalue weighted by molar-refractivity contribution is 0.373. The molecule has 0 unspecified atom stereocenters. The van der Waals surface area contributed by atoms with Crippen molar-refractivity contribution in [1.29, 1.82) is 0 Å². The Morgan fingerprint density at radius 2 is 1.96 bits per heavy atom. The maximum Gasteiger partial charge on any atom is 0.0466 e. The Kier molecular flexibility index (Phi) is 9.12. The lowest BCUT2D eigenvalue weighted by Gasteiger charge is -2.25. The van der Waals surface area contributed by atoms with Crippen LogP contribution in [-0.2, 0) is 0 Å². The topological polar surface area (TPSA) is 15.3 Å². The fourth-order valence-electron chi connectivity index (χ4n) is 2.59. The van der Waals surface area contributed by atoms with Crippen molar-refractivity contribution in [2.45, 2.75) is 45.9 Å². The standard InChI is InChI=1S/C18H26N2S.C2H6/c1-5-20(12-11-19-4)16-7-6-8-18(16)21-17-10-9-14(2)13-15(17)3;1-2/h6-7,9-10,13,19H,5,8,11-12H2,1-4H3;1-2H3. The first-order chi connectivity index (χ1) is 11.2. The van der Waals surface area contributed by atoms with Crippen molar-refractivity contribution in [3.05, 3.63) is 52.1 Å². The Morgan fingerprint density at radius 3 is 2.57 bits per heavy atom. The minimum Gasteiger partial charge on any atom is -0.370 e. The van der Waals surface area contributed by atoms with Crippen LogP contribution >= 0.6 is 11.8 Å². The highest BCUT2D eigenvalue weighted by atomic mass is 32.2. The van der Waals surface area contributed by atoms with Gasteiger partial charge in [0.2, 0.25) is 0 Å². The molecule has 0 fully saturated rings. The third kappa shape index (κ3) is 5.74. The molecule has 0 saturated carbocycles. The highest BCUT2D eigenvalue weighted by Crippen LogP contribution is 2.38. The minimum absolute atomic E-state index is 1.02. The molecule has 2 rings (SSSR count). The van der Waals surface area contributed by atoms with Gasteiger partial charge >= 0.3 is 0 Å². The average molecular weight is 333 g/mol. The van der Waals surface area contributed by atoms with Crippen LogP contribution in [0.15, 0.2) is 45.8 Å². The molecule has 0 saturated heterocycles. The van der Waals surface area contributed by atoms with Gasteiger partial charge in [0.15, 0.2) is 0 Å². The van der Waals surface area contributed by atoms with E-state index in [0.717, 1.165) is 26.1 Å². The number of thioether (sulfide) groups is 1. The molecule has 1 aliphatic rings. The van der Waals surface area contributed by atoms with Crippen molar-refractivity contribution >= 4 is 11.8 Å². The Bertz CT molecular complexity index is 547. The molecule has 0 bridgehead atoms. The van der Waals surface area contributed by atoms with E-state index in [9.17, 15) is 0 Å². The minimum atomic E-state index is 1.02. The number of benzene rings is 1. The Morgan fingerprint density at radius 1 is 1.22 bits per heavy atom. The van der Waals surface area contributed by atoms with Gasteiger partial charge in [0, 0.05) is 35.1 Å². The van der Waals surface area contributed by atoms with Gasteiger partial charge in [-0.3, -0.25) is 0 Å². The van der Waals surface area contributed by atoms with Crippen LogP contribution < -0.4 is 5.32 Å². The molecule has 2 nitrogen and oxygen atoms in total. The smallest absolute Gasteiger partial charge is 0.0466 e. The third-order valence-corrected chi connectivity index (χ3v) is 5.08. The second-order valence-corrected chi connectivity index (χ2v) is 6.61. The summed E-state index contributed by atoms with van der Waals surface area (Å²) in [6.07, 6.45) is 5.62. The van der Waals surface area contributed by atoms with Crippen molar-refractivity contribution in [1.82, 2.24) is 10.2 Å². The summed E-state index contributed by atoms with van der Waals surface area (Å²) in [5.74, 6) is 0.